The highest BCUT2D eigenvalue weighted by molar-refractivity contribution is 6.21. The van der Waals surface area contributed by atoms with Gasteiger partial charge in [-0.3, -0.25) is 0 Å². The Kier molecular flexibility index (Phi) is 10.7. The third-order valence-corrected chi connectivity index (χ3v) is 14.3. The Morgan fingerprint density at radius 2 is 0.597 bits per heavy atom. The van der Waals surface area contributed by atoms with Crippen LogP contribution in [0.1, 0.15) is 5.56 Å². The Morgan fingerprint density at radius 1 is 0.264 bits per heavy atom. The zero-order chi connectivity index (χ0) is 48.0. The highest BCUT2D eigenvalue weighted by Crippen LogP contribution is 2.46. The molecule has 0 radical (unpaired) electrons. The summed E-state index contributed by atoms with van der Waals surface area (Å²) in [5.41, 5.74) is 18.6. The number of anilines is 6. The topological polar surface area (TPSA) is 11.4 Å². The normalized spacial score (nSPS) is 11.4. The lowest BCUT2D eigenvalue weighted by atomic mass is 9.85. The average molecular weight is 920 g/mol. The fourth-order valence-corrected chi connectivity index (χ4v) is 11.0. The van der Waals surface area contributed by atoms with Gasteiger partial charge in [-0.05, 0) is 164 Å². The molecule has 0 fully saturated rings. The molecule has 13 rings (SSSR count). The number of para-hydroxylation sites is 4. The summed E-state index contributed by atoms with van der Waals surface area (Å²) in [7, 11) is 0. The van der Waals surface area contributed by atoms with Crippen LogP contribution in [-0.4, -0.2) is 4.57 Å². The van der Waals surface area contributed by atoms with E-state index in [1.54, 1.807) is 0 Å². The van der Waals surface area contributed by atoms with Crippen LogP contribution >= 0.6 is 0 Å². The van der Waals surface area contributed by atoms with E-state index in [1.165, 1.54) is 71.3 Å². The Labute approximate surface area is 420 Å². The van der Waals surface area contributed by atoms with E-state index in [9.17, 15) is 0 Å². The number of aryl methyl sites for hydroxylation is 1. The average Bonchev–Trinajstić information content (AvgIpc) is 3.77. The van der Waals surface area contributed by atoms with Crippen LogP contribution in [0.5, 0.6) is 0 Å². The van der Waals surface area contributed by atoms with Crippen LogP contribution in [0.2, 0.25) is 0 Å². The molecule has 3 nitrogen and oxygen atoms in total. The second kappa shape index (κ2) is 18.1. The van der Waals surface area contributed by atoms with Crippen molar-refractivity contribution in [3.63, 3.8) is 0 Å². The van der Waals surface area contributed by atoms with Crippen LogP contribution < -0.4 is 9.80 Å². The summed E-state index contributed by atoms with van der Waals surface area (Å²) in [5.74, 6) is 0. The molecule has 0 saturated heterocycles. The number of hydrogen-bond donors (Lipinski definition) is 0. The highest BCUT2D eigenvalue weighted by atomic mass is 15.1. The molecule has 13 aromatic rings. The van der Waals surface area contributed by atoms with E-state index >= 15 is 0 Å². The number of aromatic nitrogens is 1. The van der Waals surface area contributed by atoms with Crippen molar-refractivity contribution in [1.82, 2.24) is 4.57 Å². The molecule has 340 valence electrons. The van der Waals surface area contributed by atoms with Crippen molar-refractivity contribution in [2.24, 2.45) is 0 Å². The van der Waals surface area contributed by atoms with E-state index in [1.807, 2.05) is 0 Å². The minimum atomic E-state index is 1.09. The van der Waals surface area contributed by atoms with Crippen LogP contribution in [0.15, 0.2) is 279 Å². The second-order valence-electron chi connectivity index (χ2n) is 18.5. The Bertz CT molecular complexity index is 3790. The molecule has 0 aliphatic carbocycles. The monoisotopic (exact) mass is 919 g/mol. The summed E-state index contributed by atoms with van der Waals surface area (Å²) in [6.07, 6.45) is 0. The Balaban J connectivity index is 0.977. The molecule has 0 saturated carbocycles. The summed E-state index contributed by atoms with van der Waals surface area (Å²) in [6, 6.07) is 101. The molecular formula is C69H49N3. The van der Waals surface area contributed by atoms with E-state index in [-0.39, 0.29) is 0 Å². The first-order chi connectivity index (χ1) is 35.7. The Morgan fingerprint density at radius 3 is 0.986 bits per heavy atom. The van der Waals surface area contributed by atoms with Crippen LogP contribution in [0.25, 0.3) is 82.4 Å². The Hall–Kier alpha value is -9.44. The number of benzene rings is 12. The standard InChI is InChI=1S/C69H49N3/c1-48-20-14-15-29-59(48)49-34-36-50(37-35-49)68-60-30-16-18-32-62(60)69(63-33-19-17-31-61(63)68)51-38-40-56(41-39-51)72-66-44-42-57(70(52-21-6-2-7-22-52)53-23-8-3-9-24-53)46-64(66)65-47-58(43-45-67(65)72)71(54-25-10-4-11-26-54)55-27-12-5-13-28-55/h2-47H,1H3. The molecule has 0 bridgehead atoms. The SMILES string of the molecule is Cc1ccccc1-c1ccc(-c2c3ccccc3c(-c3ccc(-n4c5ccc(N(c6ccccc6)c6ccccc6)cc5c5cc(N(c6ccccc6)c6ccccc6)ccc54)cc3)c3ccccc23)cc1. The number of hydrogen-bond acceptors (Lipinski definition) is 2. The maximum atomic E-state index is 2.44. The van der Waals surface area contributed by atoms with Crippen molar-refractivity contribution >= 4 is 77.5 Å². The lowest BCUT2D eigenvalue weighted by molar-refractivity contribution is 1.18. The molecule has 0 spiro atoms. The molecule has 1 heterocycles. The van der Waals surface area contributed by atoms with Crippen LogP contribution in [-0.2, 0) is 0 Å². The van der Waals surface area contributed by atoms with Crippen LogP contribution in [0.4, 0.5) is 34.1 Å². The lowest BCUT2D eigenvalue weighted by Crippen LogP contribution is -2.09. The van der Waals surface area contributed by atoms with Gasteiger partial charge in [-0.15, -0.1) is 0 Å². The van der Waals surface area contributed by atoms with E-state index in [0.29, 0.717) is 0 Å². The molecule has 12 aromatic carbocycles. The molecule has 1 aromatic heterocycles. The van der Waals surface area contributed by atoms with Gasteiger partial charge >= 0.3 is 0 Å². The van der Waals surface area contributed by atoms with Gasteiger partial charge in [-0.1, -0.05) is 182 Å². The van der Waals surface area contributed by atoms with E-state index < -0.39 is 0 Å². The summed E-state index contributed by atoms with van der Waals surface area (Å²) < 4.78 is 2.44. The maximum Gasteiger partial charge on any atom is 0.0542 e. The zero-order valence-electron chi connectivity index (χ0n) is 39.9. The van der Waals surface area contributed by atoms with Gasteiger partial charge in [0.05, 0.1) is 11.0 Å². The van der Waals surface area contributed by atoms with Crippen molar-refractivity contribution in [1.29, 1.82) is 0 Å². The van der Waals surface area contributed by atoms with Crippen LogP contribution in [0.3, 0.4) is 0 Å². The van der Waals surface area contributed by atoms with Gasteiger partial charge < -0.3 is 14.4 Å². The van der Waals surface area contributed by atoms with Gasteiger partial charge in [0.1, 0.15) is 0 Å². The smallest absolute Gasteiger partial charge is 0.0542 e. The molecule has 0 aliphatic rings. The number of rotatable bonds is 10. The first-order valence-corrected chi connectivity index (χ1v) is 24.8. The molecule has 0 amide bonds. The fourth-order valence-electron chi connectivity index (χ4n) is 11.0. The molecule has 0 aliphatic heterocycles. The molecule has 0 atom stereocenters. The molecule has 3 heteroatoms. The van der Waals surface area contributed by atoms with E-state index in [4.69, 9.17) is 0 Å². The summed E-state index contributed by atoms with van der Waals surface area (Å²) in [5, 5.41) is 7.31. The van der Waals surface area contributed by atoms with Gasteiger partial charge in [-0.25, -0.2) is 0 Å². The summed E-state index contributed by atoms with van der Waals surface area (Å²) in [4.78, 5) is 4.70. The predicted molar refractivity (Wildman–Crippen MR) is 306 cm³/mol. The minimum Gasteiger partial charge on any atom is -0.310 e. The van der Waals surface area contributed by atoms with Gasteiger partial charge in [0, 0.05) is 50.6 Å². The fraction of sp³-hybridized carbons (Fsp3) is 0.0145. The molecule has 72 heavy (non-hydrogen) atoms. The third-order valence-electron chi connectivity index (χ3n) is 14.3. The predicted octanol–water partition coefficient (Wildman–Crippen LogP) is 19.3. The van der Waals surface area contributed by atoms with E-state index in [0.717, 1.165) is 50.8 Å². The third kappa shape index (κ3) is 7.47. The highest BCUT2D eigenvalue weighted by Gasteiger charge is 2.22. The quantitative estimate of drug-likeness (QED) is 0.127. The molecule has 0 N–H and O–H groups in total. The maximum absolute atomic E-state index is 2.44. The first kappa shape index (κ1) is 42.6. The molecular weight excluding hydrogens is 871 g/mol. The van der Waals surface area contributed by atoms with E-state index in [2.05, 4.69) is 300 Å². The van der Waals surface area contributed by atoms with Crippen molar-refractivity contribution < 1.29 is 0 Å². The largest absolute Gasteiger partial charge is 0.310 e. The molecule has 0 unspecified atom stereocenters. The van der Waals surface area contributed by atoms with Gasteiger partial charge in [0.15, 0.2) is 0 Å². The van der Waals surface area contributed by atoms with Crippen LogP contribution in [0, 0.1) is 6.92 Å². The lowest BCUT2D eigenvalue weighted by Gasteiger charge is -2.26. The van der Waals surface area contributed by atoms with Gasteiger partial charge in [0.2, 0.25) is 0 Å². The second-order valence-corrected chi connectivity index (χ2v) is 18.5. The number of nitrogens with zero attached hydrogens (tertiary/aromatic N) is 3. The van der Waals surface area contributed by atoms with Crippen molar-refractivity contribution in [2.75, 3.05) is 9.80 Å². The van der Waals surface area contributed by atoms with Gasteiger partial charge in [-0.2, -0.15) is 0 Å². The summed E-state index contributed by atoms with van der Waals surface area (Å²) >= 11 is 0. The minimum absolute atomic E-state index is 1.09. The zero-order valence-corrected chi connectivity index (χ0v) is 39.9. The first-order valence-electron chi connectivity index (χ1n) is 24.8. The van der Waals surface area contributed by atoms with Crippen molar-refractivity contribution in [2.45, 2.75) is 6.92 Å². The summed E-state index contributed by atoms with van der Waals surface area (Å²) in [6.45, 7) is 2.18. The van der Waals surface area contributed by atoms with Crippen molar-refractivity contribution in [3.05, 3.63) is 285 Å². The van der Waals surface area contributed by atoms with Crippen molar-refractivity contribution in [3.8, 4) is 39.1 Å². The number of fused-ring (bicyclic) bond motifs is 5. The van der Waals surface area contributed by atoms with Gasteiger partial charge in [0.25, 0.3) is 0 Å².